The molecule has 0 aromatic heterocycles. The number of hydrogen-bond donors (Lipinski definition) is 3. The normalized spacial score (nSPS) is 24.1. The molecule has 0 saturated heterocycles. The van der Waals surface area contributed by atoms with Crippen LogP contribution >= 0.6 is 0 Å². The van der Waals surface area contributed by atoms with Gasteiger partial charge in [0.05, 0.1) is 0 Å². The number of rotatable bonds is 4. The van der Waals surface area contributed by atoms with Gasteiger partial charge in [-0.2, -0.15) is 0 Å². The molecule has 1 aromatic rings. The Bertz CT molecular complexity index is 406. The third kappa shape index (κ3) is 3.95. The molecule has 2 rings (SSSR count). The van der Waals surface area contributed by atoms with E-state index in [9.17, 15) is 10.2 Å². The van der Waals surface area contributed by atoms with Gasteiger partial charge in [-0.3, -0.25) is 0 Å². The molecule has 1 aliphatic rings. The van der Waals surface area contributed by atoms with Gasteiger partial charge in [0.1, 0.15) is 5.75 Å². The summed E-state index contributed by atoms with van der Waals surface area (Å²) < 4.78 is 0. The van der Waals surface area contributed by atoms with Gasteiger partial charge in [0.15, 0.2) is 0 Å². The monoisotopic (exact) mass is 263 g/mol. The van der Waals surface area contributed by atoms with Gasteiger partial charge < -0.3 is 15.5 Å². The highest BCUT2D eigenvalue weighted by Gasteiger charge is 2.22. The van der Waals surface area contributed by atoms with Gasteiger partial charge in [0.2, 0.25) is 0 Å². The predicted octanol–water partition coefficient (Wildman–Crippen LogP) is 2.73. The van der Waals surface area contributed by atoms with Crippen molar-refractivity contribution in [2.24, 2.45) is 5.92 Å². The molecular formula is C16H25NO2. The first-order valence-corrected chi connectivity index (χ1v) is 7.33. The van der Waals surface area contributed by atoms with Gasteiger partial charge in [-0.1, -0.05) is 37.0 Å². The molecule has 3 N–H and O–H groups in total. The predicted molar refractivity (Wildman–Crippen MR) is 77.1 cm³/mol. The lowest BCUT2D eigenvalue weighted by atomic mass is 9.95. The number of nitrogens with one attached hydrogen (secondary N) is 1. The number of aliphatic hydroxyl groups is 1. The summed E-state index contributed by atoms with van der Waals surface area (Å²) in [5.41, 5.74) is 2.11. The second-order valence-corrected chi connectivity index (χ2v) is 5.70. The van der Waals surface area contributed by atoms with Crippen molar-refractivity contribution in [2.45, 2.75) is 51.6 Å². The molecule has 2 atom stereocenters. The van der Waals surface area contributed by atoms with E-state index in [2.05, 4.69) is 5.32 Å². The van der Waals surface area contributed by atoms with Crippen LogP contribution in [-0.4, -0.2) is 22.9 Å². The summed E-state index contributed by atoms with van der Waals surface area (Å²) in [7, 11) is 0. The lowest BCUT2D eigenvalue weighted by Gasteiger charge is -2.25. The van der Waals surface area contributed by atoms with Crippen molar-refractivity contribution >= 4 is 0 Å². The average molecular weight is 263 g/mol. The second kappa shape index (κ2) is 6.92. The van der Waals surface area contributed by atoms with Crippen LogP contribution in [0.4, 0.5) is 0 Å². The van der Waals surface area contributed by atoms with E-state index < -0.39 is 0 Å². The van der Waals surface area contributed by atoms with Crippen LogP contribution in [0.1, 0.15) is 43.2 Å². The van der Waals surface area contributed by atoms with Crippen molar-refractivity contribution in [1.29, 1.82) is 0 Å². The largest absolute Gasteiger partial charge is 0.508 e. The fourth-order valence-electron chi connectivity index (χ4n) is 2.97. The lowest BCUT2D eigenvalue weighted by Crippen LogP contribution is -2.36. The summed E-state index contributed by atoms with van der Waals surface area (Å²) in [5.74, 6) is 0.710. The Labute approximate surface area is 115 Å². The molecule has 1 fully saturated rings. The first-order valence-electron chi connectivity index (χ1n) is 7.33. The van der Waals surface area contributed by atoms with E-state index >= 15 is 0 Å². The molecule has 0 heterocycles. The third-order valence-electron chi connectivity index (χ3n) is 4.18. The molecule has 2 unspecified atom stereocenters. The van der Waals surface area contributed by atoms with Crippen molar-refractivity contribution in [3.63, 3.8) is 0 Å². The van der Waals surface area contributed by atoms with Gasteiger partial charge in [0.25, 0.3) is 0 Å². The number of aliphatic hydroxyl groups excluding tert-OH is 1. The van der Waals surface area contributed by atoms with Crippen LogP contribution in [0.15, 0.2) is 18.2 Å². The molecule has 1 aliphatic carbocycles. The zero-order chi connectivity index (χ0) is 13.7. The Hall–Kier alpha value is -1.06. The second-order valence-electron chi connectivity index (χ2n) is 5.70. The number of benzene rings is 1. The van der Waals surface area contributed by atoms with Gasteiger partial charge in [-0.25, -0.2) is 0 Å². The summed E-state index contributed by atoms with van der Waals surface area (Å²) in [6.45, 7) is 2.97. The number of phenolic OH excluding ortho intramolecular Hbond substituents is 1. The molecule has 0 radical (unpaired) electrons. The van der Waals surface area contributed by atoms with Crippen molar-refractivity contribution < 1.29 is 10.2 Å². The van der Waals surface area contributed by atoms with Crippen LogP contribution < -0.4 is 5.32 Å². The van der Waals surface area contributed by atoms with Crippen molar-refractivity contribution in [3.05, 3.63) is 29.3 Å². The van der Waals surface area contributed by atoms with Gasteiger partial charge in [-0.15, -0.1) is 0 Å². The molecule has 19 heavy (non-hydrogen) atoms. The Kier molecular flexibility index (Phi) is 5.23. The highest BCUT2D eigenvalue weighted by Crippen LogP contribution is 2.24. The van der Waals surface area contributed by atoms with E-state index in [-0.39, 0.29) is 6.61 Å². The van der Waals surface area contributed by atoms with Crippen molar-refractivity contribution in [2.75, 3.05) is 6.61 Å². The molecule has 0 amide bonds. The molecule has 0 bridgehead atoms. The lowest BCUT2D eigenvalue weighted by molar-refractivity contribution is 0.181. The van der Waals surface area contributed by atoms with E-state index in [0.29, 0.717) is 24.3 Å². The number of aromatic hydroxyl groups is 1. The molecule has 1 saturated carbocycles. The number of aryl methyl sites for hydroxylation is 1. The van der Waals surface area contributed by atoms with Crippen LogP contribution in [-0.2, 0) is 6.54 Å². The number of hydrogen-bond acceptors (Lipinski definition) is 3. The zero-order valence-corrected chi connectivity index (χ0v) is 11.7. The molecular weight excluding hydrogens is 238 g/mol. The highest BCUT2D eigenvalue weighted by atomic mass is 16.3. The fourth-order valence-corrected chi connectivity index (χ4v) is 2.97. The standard InChI is InChI=1S/C16H25NO2/c1-12-7-8-16(19)14(9-12)10-17-15-6-4-2-3-5-13(15)11-18/h7-9,13,15,17-19H,2-6,10-11H2,1H3. The first-order chi connectivity index (χ1) is 9.20. The van der Waals surface area contributed by atoms with E-state index in [1.807, 2.05) is 19.1 Å². The molecule has 3 nitrogen and oxygen atoms in total. The maximum absolute atomic E-state index is 9.85. The molecule has 0 aliphatic heterocycles. The van der Waals surface area contributed by atoms with E-state index in [0.717, 1.165) is 24.0 Å². The van der Waals surface area contributed by atoms with E-state index in [1.165, 1.54) is 19.3 Å². The van der Waals surface area contributed by atoms with Crippen LogP contribution in [0.5, 0.6) is 5.75 Å². The van der Waals surface area contributed by atoms with Gasteiger partial charge in [-0.05, 0) is 31.7 Å². The van der Waals surface area contributed by atoms with Crippen molar-refractivity contribution in [3.8, 4) is 5.75 Å². The number of phenols is 1. The zero-order valence-electron chi connectivity index (χ0n) is 11.7. The SMILES string of the molecule is Cc1ccc(O)c(CNC2CCCCCC2CO)c1. The Balaban J connectivity index is 1.97. The fraction of sp³-hybridized carbons (Fsp3) is 0.625. The van der Waals surface area contributed by atoms with Gasteiger partial charge >= 0.3 is 0 Å². The third-order valence-corrected chi connectivity index (χ3v) is 4.18. The van der Waals surface area contributed by atoms with Crippen molar-refractivity contribution in [1.82, 2.24) is 5.32 Å². The first kappa shape index (κ1) is 14.4. The molecule has 1 aromatic carbocycles. The van der Waals surface area contributed by atoms with E-state index in [1.54, 1.807) is 6.07 Å². The van der Waals surface area contributed by atoms with Crippen LogP contribution in [0.3, 0.4) is 0 Å². The topological polar surface area (TPSA) is 52.5 Å². The Morgan fingerprint density at radius 3 is 2.79 bits per heavy atom. The van der Waals surface area contributed by atoms with Crippen LogP contribution in [0.25, 0.3) is 0 Å². The molecule has 3 heteroatoms. The quantitative estimate of drug-likeness (QED) is 0.732. The summed E-state index contributed by atoms with van der Waals surface area (Å²) >= 11 is 0. The minimum Gasteiger partial charge on any atom is -0.508 e. The van der Waals surface area contributed by atoms with E-state index in [4.69, 9.17) is 0 Å². The highest BCUT2D eigenvalue weighted by molar-refractivity contribution is 5.35. The van der Waals surface area contributed by atoms with Gasteiger partial charge in [0, 0.05) is 24.8 Å². The molecule has 106 valence electrons. The minimum atomic E-state index is 0.261. The summed E-state index contributed by atoms with van der Waals surface area (Å²) in [6.07, 6.45) is 5.95. The maximum Gasteiger partial charge on any atom is 0.120 e. The Morgan fingerprint density at radius 1 is 1.21 bits per heavy atom. The smallest absolute Gasteiger partial charge is 0.120 e. The average Bonchev–Trinajstić information content (AvgIpc) is 2.64. The minimum absolute atomic E-state index is 0.261. The summed E-state index contributed by atoms with van der Waals surface area (Å²) in [6, 6.07) is 6.06. The molecule has 0 spiro atoms. The summed E-state index contributed by atoms with van der Waals surface area (Å²) in [5, 5.41) is 22.9. The summed E-state index contributed by atoms with van der Waals surface area (Å²) in [4.78, 5) is 0. The van der Waals surface area contributed by atoms with Crippen LogP contribution in [0, 0.1) is 12.8 Å². The van der Waals surface area contributed by atoms with Crippen LogP contribution in [0.2, 0.25) is 0 Å². The maximum atomic E-state index is 9.85. The Morgan fingerprint density at radius 2 is 2.00 bits per heavy atom.